The van der Waals surface area contributed by atoms with E-state index in [1.807, 2.05) is 6.07 Å². The van der Waals surface area contributed by atoms with E-state index >= 15 is 0 Å². The van der Waals surface area contributed by atoms with E-state index in [9.17, 15) is 0 Å². The topological polar surface area (TPSA) is 38.9 Å². The maximum atomic E-state index is 5.38. The van der Waals surface area contributed by atoms with Crippen molar-refractivity contribution in [3.05, 3.63) is 28.5 Å². The van der Waals surface area contributed by atoms with Gasteiger partial charge in [0.05, 0.1) is 0 Å². The zero-order valence-corrected chi connectivity index (χ0v) is 7.45. The van der Waals surface area contributed by atoms with Gasteiger partial charge in [0.15, 0.2) is 0 Å². The average molecular weight is 217 g/mol. The monoisotopic (exact) mass is 216 g/mol. The lowest BCUT2D eigenvalue weighted by atomic mass is 10.3. The standard InChI is InChI=1S/C6H5BrN2S/c7-5-4(6(8)10)2-1-3-9-5/h1-3H,(H2,8,10). The molecule has 0 aliphatic rings. The van der Waals surface area contributed by atoms with Gasteiger partial charge in [-0.15, -0.1) is 0 Å². The number of halogens is 1. The molecular weight excluding hydrogens is 212 g/mol. The van der Waals surface area contributed by atoms with Gasteiger partial charge in [-0.3, -0.25) is 0 Å². The Balaban J connectivity index is 3.15. The fourth-order valence-corrected chi connectivity index (χ4v) is 1.33. The largest absolute Gasteiger partial charge is 0.389 e. The smallest absolute Gasteiger partial charge is 0.116 e. The van der Waals surface area contributed by atoms with Gasteiger partial charge in [-0.2, -0.15) is 0 Å². The Morgan fingerprint density at radius 2 is 2.40 bits per heavy atom. The summed E-state index contributed by atoms with van der Waals surface area (Å²) in [5.41, 5.74) is 6.15. The van der Waals surface area contributed by atoms with Gasteiger partial charge in [0, 0.05) is 11.8 Å². The Hall–Kier alpha value is -0.480. The van der Waals surface area contributed by atoms with E-state index in [1.54, 1.807) is 12.3 Å². The molecule has 0 spiro atoms. The molecule has 0 saturated carbocycles. The van der Waals surface area contributed by atoms with Crippen LogP contribution in [0, 0.1) is 0 Å². The number of nitrogens with zero attached hydrogens (tertiary/aromatic N) is 1. The van der Waals surface area contributed by atoms with E-state index in [1.165, 1.54) is 0 Å². The van der Waals surface area contributed by atoms with Gasteiger partial charge in [0.2, 0.25) is 0 Å². The van der Waals surface area contributed by atoms with Gasteiger partial charge in [0.25, 0.3) is 0 Å². The molecule has 52 valence electrons. The molecule has 0 aliphatic carbocycles. The minimum absolute atomic E-state index is 0.361. The lowest BCUT2D eigenvalue weighted by Crippen LogP contribution is -2.10. The Morgan fingerprint density at radius 1 is 1.70 bits per heavy atom. The summed E-state index contributed by atoms with van der Waals surface area (Å²) in [7, 11) is 0. The SMILES string of the molecule is NC(=S)c1cccnc1Br. The number of hydrogen-bond acceptors (Lipinski definition) is 2. The minimum atomic E-state index is 0.361. The van der Waals surface area contributed by atoms with Crippen molar-refractivity contribution >= 4 is 33.1 Å². The van der Waals surface area contributed by atoms with Crippen LogP contribution in [0.5, 0.6) is 0 Å². The van der Waals surface area contributed by atoms with Gasteiger partial charge in [0.1, 0.15) is 9.59 Å². The summed E-state index contributed by atoms with van der Waals surface area (Å²) in [6.07, 6.45) is 1.67. The third-order valence-electron chi connectivity index (χ3n) is 1.02. The zero-order valence-electron chi connectivity index (χ0n) is 5.04. The van der Waals surface area contributed by atoms with Crippen molar-refractivity contribution in [3.8, 4) is 0 Å². The second-order valence-electron chi connectivity index (χ2n) is 1.71. The van der Waals surface area contributed by atoms with E-state index in [2.05, 4.69) is 20.9 Å². The molecule has 0 aromatic carbocycles. The summed E-state index contributed by atoms with van der Waals surface area (Å²) in [5, 5.41) is 0. The Bertz CT molecular complexity index is 262. The van der Waals surface area contributed by atoms with Crippen LogP contribution in [0.2, 0.25) is 0 Å². The van der Waals surface area contributed by atoms with E-state index in [4.69, 9.17) is 18.0 Å². The predicted octanol–water partition coefficient (Wildman–Crippen LogP) is 1.48. The third-order valence-corrected chi connectivity index (χ3v) is 1.88. The molecule has 0 fully saturated rings. The van der Waals surface area contributed by atoms with Crippen LogP contribution in [0.1, 0.15) is 5.56 Å². The third kappa shape index (κ3) is 1.52. The van der Waals surface area contributed by atoms with Crippen molar-refractivity contribution < 1.29 is 0 Å². The highest BCUT2D eigenvalue weighted by Crippen LogP contribution is 2.11. The quantitative estimate of drug-likeness (QED) is 0.572. The van der Waals surface area contributed by atoms with Crippen molar-refractivity contribution in [2.24, 2.45) is 5.73 Å². The second-order valence-corrected chi connectivity index (χ2v) is 2.90. The predicted molar refractivity (Wildman–Crippen MR) is 47.8 cm³/mol. The van der Waals surface area contributed by atoms with Gasteiger partial charge in [-0.1, -0.05) is 12.2 Å². The number of nitrogens with two attached hydrogens (primary N) is 1. The molecule has 1 heterocycles. The van der Waals surface area contributed by atoms with Crippen molar-refractivity contribution in [1.82, 2.24) is 4.98 Å². The number of aromatic nitrogens is 1. The first-order chi connectivity index (χ1) is 4.72. The number of pyridine rings is 1. The Labute approximate surface area is 72.6 Å². The molecule has 0 aliphatic heterocycles. The number of thiocarbonyl (C=S) groups is 1. The summed E-state index contributed by atoms with van der Waals surface area (Å²) in [6.45, 7) is 0. The minimum Gasteiger partial charge on any atom is -0.389 e. The summed E-state index contributed by atoms with van der Waals surface area (Å²) in [5.74, 6) is 0. The molecule has 0 bridgehead atoms. The van der Waals surface area contributed by atoms with E-state index in [0.717, 1.165) is 5.56 Å². The van der Waals surface area contributed by atoms with Gasteiger partial charge >= 0.3 is 0 Å². The maximum absolute atomic E-state index is 5.38. The van der Waals surface area contributed by atoms with E-state index in [0.29, 0.717) is 9.59 Å². The van der Waals surface area contributed by atoms with Crippen LogP contribution in [0.25, 0.3) is 0 Å². The molecule has 1 rings (SSSR count). The summed E-state index contributed by atoms with van der Waals surface area (Å²) in [4.78, 5) is 4.31. The van der Waals surface area contributed by atoms with Gasteiger partial charge in [-0.05, 0) is 28.1 Å². The van der Waals surface area contributed by atoms with Crippen molar-refractivity contribution in [2.45, 2.75) is 0 Å². The first kappa shape index (κ1) is 7.63. The van der Waals surface area contributed by atoms with Crippen molar-refractivity contribution in [2.75, 3.05) is 0 Å². The van der Waals surface area contributed by atoms with Crippen LogP contribution in [0.3, 0.4) is 0 Å². The highest BCUT2D eigenvalue weighted by molar-refractivity contribution is 9.10. The van der Waals surface area contributed by atoms with Crippen LogP contribution in [0.15, 0.2) is 22.9 Å². The van der Waals surface area contributed by atoms with Crippen molar-refractivity contribution in [1.29, 1.82) is 0 Å². The Kier molecular flexibility index (Phi) is 2.34. The molecule has 1 aromatic heterocycles. The zero-order chi connectivity index (χ0) is 7.56. The normalized spacial score (nSPS) is 9.30. The lowest BCUT2D eigenvalue weighted by Gasteiger charge is -1.97. The average Bonchev–Trinajstić information content (AvgIpc) is 1.88. The molecule has 4 heteroatoms. The first-order valence-electron chi connectivity index (χ1n) is 2.62. The molecular formula is C6H5BrN2S. The fourth-order valence-electron chi connectivity index (χ4n) is 0.570. The number of hydrogen-bond donors (Lipinski definition) is 1. The fraction of sp³-hybridized carbons (Fsp3) is 0. The summed E-state index contributed by atoms with van der Waals surface area (Å²) < 4.78 is 0.697. The second kappa shape index (κ2) is 3.07. The van der Waals surface area contributed by atoms with Crippen LogP contribution < -0.4 is 5.73 Å². The molecule has 0 amide bonds. The van der Waals surface area contributed by atoms with Crippen molar-refractivity contribution in [3.63, 3.8) is 0 Å². The van der Waals surface area contributed by atoms with Crippen LogP contribution in [-0.4, -0.2) is 9.97 Å². The molecule has 0 saturated heterocycles. The molecule has 0 atom stereocenters. The lowest BCUT2D eigenvalue weighted by molar-refractivity contribution is 1.26. The highest BCUT2D eigenvalue weighted by Gasteiger charge is 2.00. The van der Waals surface area contributed by atoms with Crippen LogP contribution >= 0.6 is 28.1 Å². The summed E-state index contributed by atoms with van der Waals surface area (Å²) in [6, 6.07) is 3.61. The summed E-state index contributed by atoms with van der Waals surface area (Å²) >= 11 is 7.98. The van der Waals surface area contributed by atoms with Gasteiger partial charge in [-0.25, -0.2) is 4.98 Å². The molecule has 1 aromatic rings. The highest BCUT2D eigenvalue weighted by atomic mass is 79.9. The first-order valence-corrected chi connectivity index (χ1v) is 3.82. The van der Waals surface area contributed by atoms with Crippen LogP contribution in [0.4, 0.5) is 0 Å². The Morgan fingerprint density at radius 3 is 2.80 bits per heavy atom. The van der Waals surface area contributed by atoms with Gasteiger partial charge < -0.3 is 5.73 Å². The van der Waals surface area contributed by atoms with Crippen LogP contribution in [-0.2, 0) is 0 Å². The van der Waals surface area contributed by atoms with E-state index in [-0.39, 0.29) is 0 Å². The maximum Gasteiger partial charge on any atom is 0.116 e. The molecule has 2 N–H and O–H groups in total. The molecule has 0 radical (unpaired) electrons. The number of rotatable bonds is 1. The van der Waals surface area contributed by atoms with E-state index < -0.39 is 0 Å². The molecule has 2 nitrogen and oxygen atoms in total. The molecule has 10 heavy (non-hydrogen) atoms. The molecule has 0 unspecified atom stereocenters.